The van der Waals surface area contributed by atoms with Crippen LogP contribution in [0.2, 0.25) is 0 Å². The smallest absolute Gasteiger partial charge is 0.328 e. The van der Waals surface area contributed by atoms with E-state index in [0.29, 0.717) is 11.5 Å². The highest BCUT2D eigenvalue weighted by molar-refractivity contribution is 5.97. The van der Waals surface area contributed by atoms with Crippen LogP contribution in [0.15, 0.2) is 24.4 Å². The first kappa shape index (κ1) is 13.3. The molecule has 1 unspecified atom stereocenters. The van der Waals surface area contributed by atoms with Crippen molar-refractivity contribution >= 4 is 18.0 Å². The molecule has 1 aliphatic carbocycles. The number of carbonyl (C=O) groups is 2. The highest BCUT2D eigenvalue weighted by Gasteiger charge is 2.29. The van der Waals surface area contributed by atoms with Crippen LogP contribution in [0.4, 0.5) is 0 Å². The van der Waals surface area contributed by atoms with Gasteiger partial charge in [0.2, 0.25) is 0 Å². The molecule has 2 N–H and O–H groups in total. The summed E-state index contributed by atoms with van der Waals surface area (Å²) < 4.78 is 0. The molecule has 1 aromatic heterocycles. The summed E-state index contributed by atoms with van der Waals surface area (Å²) >= 11 is 0. The van der Waals surface area contributed by atoms with Crippen molar-refractivity contribution in [2.75, 3.05) is 0 Å². The Hall–Kier alpha value is -2.17. The zero-order valence-electron chi connectivity index (χ0n) is 10.7. The van der Waals surface area contributed by atoms with Gasteiger partial charge in [-0.2, -0.15) is 0 Å². The van der Waals surface area contributed by atoms with E-state index in [0.717, 1.165) is 18.9 Å². The quantitative estimate of drug-likeness (QED) is 0.790. The summed E-state index contributed by atoms with van der Waals surface area (Å²) in [4.78, 5) is 26.7. The van der Waals surface area contributed by atoms with E-state index in [2.05, 4.69) is 10.3 Å². The third-order valence-corrected chi connectivity index (χ3v) is 3.15. The topological polar surface area (TPSA) is 79.3 Å². The Balaban J connectivity index is 2.13. The second-order valence-corrected chi connectivity index (χ2v) is 4.71. The van der Waals surface area contributed by atoms with E-state index in [1.807, 2.05) is 6.92 Å². The summed E-state index contributed by atoms with van der Waals surface area (Å²) in [5, 5.41) is 11.5. The third kappa shape index (κ3) is 3.64. The monoisotopic (exact) mass is 260 g/mol. The molecule has 0 aliphatic heterocycles. The van der Waals surface area contributed by atoms with Crippen molar-refractivity contribution in [3.63, 3.8) is 0 Å². The number of nitrogens with zero attached hydrogens (tertiary/aromatic N) is 1. The van der Waals surface area contributed by atoms with E-state index in [4.69, 9.17) is 5.11 Å². The molecule has 1 heterocycles. The minimum Gasteiger partial charge on any atom is -0.478 e. The Bertz CT molecular complexity index is 521. The van der Waals surface area contributed by atoms with Crippen LogP contribution in [0.1, 0.15) is 35.8 Å². The average molecular weight is 260 g/mol. The Morgan fingerprint density at radius 3 is 2.89 bits per heavy atom. The molecular formula is C14H16N2O3. The zero-order chi connectivity index (χ0) is 13.8. The van der Waals surface area contributed by atoms with Gasteiger partial charge in [0.05, 0.1) is 0 Å². The van der Waals surface area contributed by atoms with Gasteiger partial charge in [-0.05, 0) is 37.8 Å². The van der Waals surface area contributed by atoms with Gasteiger partial charge >= 0.3 is 5.97 Å². The fraction of sp³-hybridized carbons (Fsp3) is 0.357. The second-order valence-electron chi connectivity index (χ2n) is 4.71. The van der Waals surface area contributed by atoms with Crippen molar-refractivity contribution in [3.8, 4) is 0 Å². The van der Waals surface area contributed by atoms with Crippen molar-refractivity contribution in [2.45, 2.75) is 25.8 Å². The van der Waals surface area contributed by atoms with Crippen LogP contribution in [-0.4, -0.2) is 28.0 Å². The molecule has 5 heteroatoms. The van der Waals surface area contributed by atoms with Crippen LogP contribution < -0.4 is 5.32 Å². The fourth-order valence-electron chi connectivity index (χ4n) is 1.89. The highest BCUT2D eigenvalue weighted by atomic mass is 16.4. The molecule has 5 nitrogen and oxygen atoms in total. The largest absolute Gasteiger partial charge is 0.478 e. The first-order valence-corrected chi connectivity index (χ1v) is 6.25. The van der Waals surface area contributed by atoms with E-state index >= 15 is 0 Å². The molecule has 19 heavy (non-hydrogen) atoms. The van der Waals surface area contributed by atoms with Gasteiger partial charge in [-0.15, -0.1) is 0 Å². The Kier molecular flexibility index (Phi) is 3.94. The van der Waals surface area contributed by atoms with Crippen LogP contribution in [0.5, 0.6) is 0 Å². The Morgan fingerprint density at radius 2 is 2.26 bits per heavy atom. The maximum atomic E-state index is 12.1. The molecule has 0 radical (unpaired) electrons. The van der Waals surface area contributed by atoms with Gasteiger partial charge in [0.15, 0.2) is 0 Å². The lowest BCUT2D eigenvalue weighted by Gasteiger charge is -2.13. The van der Waals surface area contributed by atoms with Crippen LogP contribution in [-0.2, 0) is 4.79 Å². The molecule has 0 spiro atoms. The summed E-state index contributed by atoms with van der Waals surface area (Å²) in [6.07, 6.45) is 6.20. The maximum Gasteiger partial charge on any atom is 0.328 e. The molecular weight excluding hydrogens is 244 g/mol. The van der Waals surface area contributed by atoms with Crippen molar-refractivity contribution in [3.05, 3.63) is 35.7 Å². The number of hydrogen-bond acceptors (Lipinski definition) is 3. The lowest BCUT2D eigenvalue weighted by Crippen LogP contribution is -2.34. The number of nitrogens with one attached hydrogen (secondary N) is 1. The number of amides is 1. The predicted octanol–water partition coefficient (Wildman–Crippen LogP) is 1.71. The standard InChI is InChI=1S/C14H16N2O3/c1-9(10-4-5-10)16-14(19)13-11(3-2-8-15-13)6-7-12(17)18/h2-3,6-10H,4-5H2,1H3,(H,16,19)(H,17,18)/b7-6+. The molecule has 0 aromatic carbocycles. The molecule has 1 atom stereocenters. The second kappa shape index (κ2) is 5.65. The number of carboxylic acid groups (broad SMARTS) is 1. The SMILES string of the molecule is CC(NC(=O)c1ncccc1/C=C/C(=O)O)C1CC1. The molecule has 100 valence electrons. The number of hydrogen-bond donors (Lipinski definition) is 2. The van der Waals surface area contributed by atoms with Gasteiger partial charge in [-0.3, -0.25) is 9.78 Å². The van der Waals surface area contributed by atoms with Crippen molar-refractivity contribution in [1.29, 1.82) is 0 Å². The zero-order valence-corrected chi connectivity index (χ0v) is 10.7. The molecule has 0 saturated heterocycles. The van der Waals surface area contributed by atoms with E-state index < -0.39 is 5.97 Å². The Labute approximate surface area is 111 Å². The summed E-state index contributed by atoms with van der Waals surface area (Å²) in [5.41, 5.74) is 0.762. The van der Waals surface area contributed by atoms with Gasteiger partial charge in [0, 0.05) is 23.9 Å². The van der Waals surface area contributed by atoms with Crippen molar-refractivity contribution in [2.24, 2.45) is 5.92 Å². The van der Waals surface area contributed by atoms with E-state index in [9.17, 15) is 9.59 Å². The number of carboxylic acids is 1. The molecule has 1 fully saturated rings. The first-order valence-electron chi connectivity index (χ1n) is 6.25. The molecule has 2 rings (SSSR count). The molecule has 1 aromatic rings. The lowest BCUT2D eigenvalue weighted by atomic mass is 10.1. The van der Waals surface area contributed by atoms with E-state index in [-0.39, 0.29) is 17.6 Å². The van der Waals surface area contributed by atoms with E-state index in [1.54, 1.807) is 12.1 Å². The summed E-state index contributed by atoms with van der Waals surface area (Å²) in [6, 6.07) is 3.47. The van der Waals surface area contributed by atoms with Gasteiger partial charge < -0.3 is 10.4 Å². The number of aromatic nitrogens is 1. The van der Waals surface area contributed by atoms with Gasteiger partial charge in [-0.25, -0.2) is 4.79 Å². The summed E-state index contributed by atoms with van der Waals surface area (Å²) in [6.45, 7) is 1.98. The summed E-state index contributed by atoms with van der Waals surface area (Å²) in [7, 11) is 0. The minimum absolute atomic E-state index is 0.130. The molecule has 1 aliphatic rings. The van der Waals surface area contributed by atoms with Crippen LogP contribution in [0.3, 0.4) is 0 Å². The number of pyridine rings is 1. The van der Waals surface area contributed by atoms with Gasteiger partial charge in [-0.1, -0.05) is 6.07 Å². The van der Waals surface area contributed by atoms with Crippen LogP contribution in [0, 0.1) is 5.92 Å². The third-order valence-electron chi connectivity index (χ3n) is 3.15. The molecule has 0 bridgehead atoms. The van der Waals surface area contributed by atoms with Crippen LogP contribution >= 0.6 is 0 Å². The molecule has 1 amide bonds. The average Bonchev–Trinajstić information content (AvgIpc) is 3.20. The summed E-state index contributed by atoms with van der Waals surface area (Å²) in [5.74, 6) is -0.753. The first-order chi connectivity index (χ1) is 9.08. The highest BCUT2D eigenvalue weighted by Crippen LogP contribution is 2.32. The van der Waals surface area contributed by atoms with Gasteiger partial charge in [0.1, 0.15) is 5.69 Å². The number of rotatable bonds is 5. The molecule has 1 saturated carbocycles. The lowest BCUT2D eigenvalue weighted by molar-refractivity contribution is -0.131. The van der Waals surface area contributed by atoms with Crippen LogP contribution in [0.25, 0.3) is 6.08 Å². The number of carbonyl (C=O) groups excluding carboxylic acids is 1. The normalized spacial score (nSPS) is 16.3. The maximum absolute atomic E-state index is 12.1. The number of aliphatic carboxylic acids is 1. The minimum atomic E-state index is -1.05. The Morgan fingerprint density at radius 1 is 1.53 bits per heavy atom. The van der Waals surface area contributed by atoms with Gasteiger partial charge in [0.25, 0.3) is 5.91 Å². The van der Waals surface area contributed by atoms with Crippen molar-refractivity contribution in [1.82, 2.24) is 10.3 Å². The van der Waals surface area contributed by atoms with Crippen molar-refractivity contribution < 1.29 is 14.7 Å². The van der Waals surface area contributed by atoms with E-state index in [1.165, 1.54) is 12.3 Å². The fourth-order valence-corrected chi connectivity index (χ4v) is 1.89. The predicted molar refractivity (Wildman–Crippen MR) is 70.6 cm³/mol.